The highest BCUT2D eigenvalue weighted by Crippen LogP contribution is 2.21. The normalized spacial score (nSPS) is 15.2. The molecule has 2 rings (SSSR count). The first-order valence-electron chi connectivity index (χ1n) is 8.20. The number of esters is 1. The van der Waals surface area contributed by atoms with E-state index in [9.17, 15) is 14.4 Å². The quantitative estimate of drug-likeness (QED) is 0.859. The number of amides is 2. The van der Waals surface area contributed by atoms with E-state index < -0.39 is 5.97 Å². The van der Waals surface area contributed by atoms with Crippen LogP contribution in [0, 0.1) is 11.8 Å². The van der Waals surface area contributed by atoms with Crippen LogP contribution in [0.25, 0.3) is 0 Å². The lowest BCUT2D eigenvalue weighted by molar-refractivity contribution is -0.137. The van der Waals surface area contributed by atoms with Crippen LogP contribution in [-0.2, 0) is 14.3 Å². The molecule has 0 atom stereocenters. The van der Waals surface area contributed by atoms with Gasteiger partial charge >= 0.3 is 5.97 Å². The van der Waals surface area contributed by atoms with Crippen molar-refractivity contribution in [2.75, 3.05) is 25.5 Å². The Morgan fingerprint density at radius 1 is 1.12 bits per heavy atom. The van der Waals surface area contributed by atoms with Gasteiger partial charge in [0.05, 0.1) is 12.7 Å². The van der Waals surface area contributed by atoms with E-state index in [1.807, 2.05) is 18.7 Å². The highest BCUT2D eigenvalue weighted by molar-refractivity contribution is 5.94. The summed E-state index contributed by atoms with van der Waals surface area (Å²) in [4.78, 5) is 37.5. The van der Waals surface area contributed by atoms with Crippen molar-refractivity contribution in [2.24, 2.45) is 11.8 Å². The highest BCUT2D eigenvalue weighted by atomic mass is 16.5. The molecule has 0 radical (unpaired) electrons. The fraction of sp³-hybridized carbons (Fsp3) is 0.500. The van der Waals surface area contributed by atoms with Crippen LogP contribution in [0.4, 0.5) is 5.69 Å². The van der Waals surface area contributed by atoms with Gasteiger partial charge in [-0.3, -0.25) is 9.59 Å². The van der Waals surface area contributed by atoms with E-state index in [1.165, 1.54) is 7.11 Å². The minimum atomic E-state index is -0.407. The van der Waals surface area contributed by atoms with Gasteiger partial charge in [-0.1, -0.05) is 13.8 Å². The van der Waals surface area contributed by atoms with Crippen LogP contribution in [0.15, 0.2) is 24.3 Å². The molecule has 1 aromatic carbocycles. The number of carbonyl (C=O) groups excluding carboxylic acids is 3. The number of piperidine rings is 1. The molecule has 24 heavy (non-hydrogen) atoms. The SMILES string of the molecule is COC(=O)c1ccc(NC(=O)C2CCN(C(=O)C(C)C)CC2)cc1. The molecule has 1 saturated heterocycles. The summed E-state index contributed by atoms with van der Waals surface area (Å²) in [5.41, 5.74) is 1.09. The van der Waals surface area contributed by atoms with E-state index in [1.54, 1.807) is 24.3 Å². The van der Waals surface area contributed by atoms with Crippen molar-refractivity contribution in [3.8, 4) is 0 Å². The lowest BCUT2D eigenvalue weighted by atomic mass is 9.95. The number of likely N-dealkylation sites (tertiary alicyclic amines) is 1. The predicted molar refractivity (Wildman–Crippen MR) is 90.6 cm³/mol. The third-order valence-corrected chi connectivity index (χ3v) is 4.24. The van der Waals surface area contributed by atoms with E-state index in [2.05, 4.69) is 10.1 Å². The predicted octanol–water partition coefficient (Wildman–Crippen LogP) is 2.31. The van der Waals surface area contributed by atoms with Crippen molar-refractivity contribution in [2.45, 2.75) is 26.7 Å². The molecule has 0 aliphatic carbocycles. The summed E-state index contributed by atoms with van der Waals surface area (Å²) in [5, 5.41) is 2.87. The number of hydrogen-bond donors (Lipinski definition) is 1. The van der Waals surface area contributed by atoms with Gasteiger partial charge in [0.15, 0.2) is 0 Å². The number of hydrogen-bond acceptors (Lipinski definition) is 4. The van der Waals surface area contributed by atoms with E-state index in [0.29, 0.717) is 37.2 Å². The minimum Gasteiger partial charge on any atom is -0.465 e. The van der Waals surface area contributed by atoms with Gasteiger partial charge in [-0.25, -0.2) is 4.79 Å². The smallest absolute Gasteiger partial charge is 0.337 e. The lowest BCUT2D eigenvalue weighted by Gasteiger charge is -2.32. The van der Waals surface area contributed by atoms with Gasteiger partial charge in [-0.2, -0.15) is 0 Å². The van der Waals surface area contributed by atoms with Gasteiger partial charge in [0.25, 0.3) is 0 Å². The first kappa shape index (κ1) is 18.0. The van der Waals surface area contributed by atoms with Gasteiger partial charge in [-0.15, -0.1) is 0 Å². The van der Waals surface area contributed by atoms with Crippen molar-refractivity contribution in [3.63, 3.8) is 0 Å². The molecule has 6 heteroatoms. The molecule has 1 aliphatic rings. The largest absolute Gasteiger partial charge is 0.465 e. The number of ether oxygens (including phenoxy) is 1. The van der Waals surface area contributed by atoms with Crippen LogP contribution < -0.4 is 5.32 Å². The van der Waals surface area contributed by atoms with Crippen LogP contribution >= 0.6 is 0 Å². The third kappa shape index (κ3) is 4.34. The molecule has 0 unspecified atom stereocenters. The Balaban J connectivity index is 1.87. The monoisotopic (exact) mass is 332 g/mol. The molecule has 1 aromatic rings. The second-order valence-corrected chi connectivity index (χ2v) is 6.31. The van der Waals surface area contributed by atoms with Gasteiger partial charge in [0, 0.05) is 30.6 Å². The number of carbonyl (C=O) groups is 3. The maximum absolute atomic E-state index is 12.3. The first-order chi connectivity index (χ1) is 11.4. The summed E-state index contributed by atoms with van der Waals surface area (Å²) in [6.45, 7) is 5.02. The summed E-state index contributed by atoms with van der Waals surface area (Å²) in [6, 6.07) is 6.60. The molecule has 1 N–H and O–H groups in total. The van der Waals surface area contributed by atoms with Crippen molar-refractivity contribution in [1.82, 2.24) is 4.90 Å². The zero-order valence-corrected chi connectivity index (χ0v) is 14.4. The van der Waals surface area contributed by atoms with E-state index in [4.69, 9.17) is 0 Å². The zero-order valence-electron chi connectivity index (χ0n) is 14.4. The molecule has 0 aromatic heterocycles. The molecule has 0 bridgehead atoms. The molecule has 1 fully saturated rings. The standard InChI is InChI=1S/C18H24N2O4/c1-12(2)17(22)20-10-8-13(9-11-20)16(21)19-15-6-4-14(5-7-15)18(23)24-3/h4-7,12-13H,8-11H2,1-3H3,(H,19,21). The molecule has 1 heterocycles. The topological polar surface area (TPSA) is 75.7 Å². The van der Waals surface area contributed by atoms with E-state index >= 15 is 0 Å². The van der Waals surface area contributed by atoms with Gasteiger partial charge in [0.2, 0.25) is 11.8 Å². The van der Waals surface area contributed by atoms with E-state index in [-0.39, 0.29) is 23.7 Å². The van der Waals surface area contributed by atoms with Crippen molar-refractivity contribution < 1.29 is 19.1 Å². The Hall–Kier alpha value is -2.37. The number of benzene rings is 1. The van der Waals surface area contributed by atoms with Crippen LogP contribution in [0.5, 0.6) is 0 Å². The Morgan fingerprint density at radius 3 is 2.21 bits per heavy atom. The van der Waals surface area contributed by atoms with Crippen molar-refractivity contribution >= 4 is 23.5 Å². The maximum Gasteiger partial charge on any atom is 0.337 e. The Bertz CT molecular complexity index is 602. The van der Waals surface area contributed by atoms with Gasteiger partial charge in [0.1, 0.15) is 0 Å². The lowest BCUT2D eigenvalue weighted by Crippen LogP contribution is -2.43. The Morgan fingerprint density at radius 2 is 1.71 bits per heavy atom. The summed E-state index contributed by atoms with van der Waals surface area (Å²) < 4.78 is 4.64. The maximum atomic E-state index is 12.3. The summed E-state index contributed by atoms with van der Waals surface area (Å²) >= 11 is 0. The van der Waals surface area contributed by atoms with Crippen molar-refractivity contribution in [3.05, 3.63) is 29.8 Å². The molecule has 0 spiro atoms. The molecule has 2 amide bonds. The zero-order chi connectivity index (χ0) is 17.7. The average Bonchev–Trinajstić information content (AvgIpc) is 2.61. The molecular weight excluding hydrogens is 308 g/mol. The number of rotatable bonds is 4. The minimum absolute atomic E-state index is 0.0105. The molecule has 1 aliphatic heterocycles. The second-order valence-electron chi connectivity index (χ2n) is 6.31. The van der Waals surface area contributed by atoms with Crippen LogP contribution in [0.1, 0.15) is 37.0 Å². The number of nitrogens with zero attached hydrogens (tertiary/aromatic N) is 1. The Kier molecular flexibility index (Phi) is 5.95. The van der Waals surface area contributed by atoms with Crippen LogP contribution in [-0.4, -0.2) is 42.9 Å². The molecule has 0 saturated carbocycles. The molecule has 6 nitrogen and oxygen atoms in total. The van der Waals surface area contributed by atoms with E-state index in [0.717, 1.165) is 0 Å². The molecule has 130 valence electrons. The average molecular weight is 332 g/mol. The summed E-state index contributed by atoms with van der Waals surface area (Å²) in [7, 11) is 1.33. The van der Waals surface area contributed by atoms with Crippen molar-refractivity contribution in [1.29, 1.82) is 0 Å². The third-order valence-electron chi connectivity index (χ3n) is 4.24. The highest BCUT2D eigenvalue weighted by Gasteiger charge is 2.28. The van der Waals surface area contributed by atoms with Gasteiger partial charge in [-0.05, 0) is 37.1 Å². The fourth-order valence-corrected chi connectivity index (χ4v) is 2.78. The second kappa shape index (κ2) is 7.95. The van der Waals surface area contributed by atoms with Crippen LogP contribution in [0.2, 0.25) is 0 Å². The number of methoxy groups -OCH3 is 1. The number of nitrogens with one attached hydrogen (secondary N) is 1. The summed E-state index contributed by atoms with van der Waals surface area (Å²) in [6.07, 6.45) is 1.34. The van der Waals surface area contributed by atoms with Gasteiger partial charge < -0.3 is 15.0 Å². The Labute approximate surface area is 142 Å². The molecular formula is C18H24N2O4. The fourth-order valence-electron chi connectivity index (χ4n) is 2.78. The summed E-state index contributed by atoms with van der Waals surface area (Å²) in [5.74, 6) is -0.412. The van der Waals surface area contributed by atoms with Crippen LogP contribution in [0.3, 0.4) is 0 Å². The number of anilines is 1. The first-order valence-corrected chi connectivity index (χ1v) is 8.20.